The number of carbonyl (C=O) groups excluding carboxylic acids is 1. The van der Waals surface area contributed by atoms with Crippen LogP contribution < -0.4 is 11.3 Å². The molecule has 1 unspecified atom stereocenters. The second kappa shape index (κ2) is 7.07. The summed E-state index contributed by atoms with van der Waals surface area (Å²) in [6, 6.07) is 0.758. The molecule has 2 fully saturated rings. The second-order valence-corrected chi connectivity index (χ2v) is 5.51. The van der Waals surface area contributed by atoms with E-state index in [-0.39, 0.29) is 5.91 Å². The van der Waals surface area contributed by atoms with Gasteiger partial charge in [0.2, 0.25) is 5.91 Å². The first kappa shape index (κ1) is 13.8. The number of piperidine rings is 1. The number of nitrogens with one attached hydrogen (secondary N) is 1. The van der Waals surface area contributed by atoms with Gasteiger partial charge in [-0.25, -0.2) is 5.84 Å². The molecule has 104 valence electrons. The maximum absolute atomic E-state index is 11.0. The minimum Gasteiger partial charge on any atom is -0.302 e. The number of carbonyl (C=O) groups is 1. The molecule has 5 heteroatoms. The maximum Gasteiger partial charge on any atom is 0.233 e. The molecule has 1 atom stereocenters. The molecule has 2 saturated heterocycles. The van der Waals surface area contributed by atoms with Gasteiger partial charge in [-0.3, -0.25) is 15.1 Å². The third-order valence-corrected chi connectivity index (χ3v) is 4.19. The van der Waals surface area contributed by atoms with Crippen LogP contribution in [0.3, 0.4) is 0 Å². The van der Waals surface area contributed by atoms with Crippen molar-refractivity contribution in [3.63, 3.8) is 0 Å². The van der Waals surface area contributed by atoms with Gasteiger partial charge in [-0.1, -0.05) is 6.42 Å². The van der Waals surface area contributed by atoms with Crippen molar-refractivity contribution in [1.82, 2.24) is 15.2 Å². The number of hydrogen-bond acceptors (Lipinski definition) is 4. The Labute approximate surface area is 110 Å². The number of amides is 1. The summed E-state index contributed by atoms with van der Waals surface area (Å²) in [6.45, 7) is 5.97. The van der Waals surface area contributed by atoms with Gasteiger partial charge in [0.05, 0.1) is 0 Å². The Balaban J connectivity index is 1.63. The van der Waals surface area contributed by atoms with Gasteiger partial charge in [0.1, 0.15) is 0 Å². The molecular formula is C13H26N4O. The van der Waals surface area contributed by atoms with E-state index in [1.165, 1.54) is 51.9 Å². The van der Waals surface area contributed by atoms with E-state index in [1.807, 2.05) is 0 Å². The van der Waals surface area contributed by atoms with E-state index in [2.05, 4.69) is 15.2 Å². The zero-order chi connectivity index (χ0) is 12.8. The van der Waals surface area contributed by atoms with Crippen LogP contribution >= 0.6 is 0 Å². The molecule has 0 aromatic heterocycles. The van der Waals surface area contributed by atoms with Crippen LogP contribution in [0, 0.1) is 0 Å². The molecule has 0 saturated carbocycles. The highest BCUT2D eigenvalue weighted by atomic mass is 16.2. The molecule has 0 aliphatic carbocycles. The fraction of sp³-hybridized carbons (Fsp3) is 0.923. The third kappa shape index (κ3) is 3.93. The number of hydrazine groups is 1. The summed E-state index contributed by atoms with van der Waals surface area (Å²) in [5, 5.41) is 0. The van der Waals surface area contributed by atoms with Crippen molar-refractivity contribution < 1.29 is 4.79 Å². The Morgan fingerprint density at radius 3 is 2.72 bits per heavy atom. The molecule has 0 spiro atoms. The zero-order valence-electron chi connectivity index (χ0n) is 11.2. The summed E-state index contributed by atoms with van der Waals surface area (Å²) in [5.41, 5.74) is 2.19. The van der Waals surface area contributed by atoms with Crippen LogP contribution in [-0.2, 0) is 4.79 Å². The smallest absolute Gasteiger partial charge is 0.233 e. The molecule has 0 aromatic rings. The molecule has 0 radical (unpaired) electrons. The van der Waals surface area contributed by atoms with Crippen molar-refractivity contribution >= 4 is 5.91 Å². The van der Waals surface area contributed by atoms with Gasteiger partial charge in [0.15, 0.2) is 0 Å². The molecule has 0 bridgehead atoms. The molecular weight excluding hydrogens is 228 g/mol. The fourth-order valence-electron chi connectivity index (χ4n) is 3.13. The SMILES string of the molecule is NNC(=O)CCCN1CCC(N2CCCCC2)C1. The van der Waals surface area contributed by atoms with Gasteiger partial charge in [0.25, 0.3) is 0 Å². The summed E-state index contributed by atoms with van der Waals surface area (Å²) in [4.78, 5) is 16.2. The van der Waals surface area contributed by atoms with Crippen molar-refractivity contribution in [2.24, 2.45) is 5.84 Å². The quantitative estimate of drug-likeness (QED) is 0.421. The van der Waals surface area contributed by atoms with E-state index in [4.69, 9.17) is 5.84 Å². The summed E-state index contributed by atoms with van der Waals surface area (Å²) in [6.07, 6.45) is 6.89. The predicted molar refractivity (Wildman–Crippen MR) is 71.8 cm³/mol. The van der Waals surface area contributed by atoms with Crippen LogP contribution in [-0.4, -0.2) is 54.5 Å². The topological polar surface area (TPSA) is 61.6 Å². The Morgan fingerprint density at radius 1 is 1.22 bits per heavy atom. The number of likely N-dealkylation sites (tertiary alicyclic amines) is 2. The van der Waals surface area contributed by atoms with Crippen LogP contribution in [0.5, 0.6) is 0 Å². The standard InChI is InChI=1S/C13H26N4O/c14-15-13(18)5-4-7-16-10-6-12(11-16)17-8-2-1-3-9-17/h12H,1-11,14H2,(H,15,18). The van der Waals surface area contributed by atoms with E-state index in [0.717, 1.165) is 19.0 Å². The van der Waals surface area contributed by atoms with Gasteiger partial charge in [-0.05, 0) is 51.9 Å². The number of nitrogens with two attached hydrogens (primary N) is 1. The molecule has 2 aliphatic rings. The second-order valence-electron chi connectivity index (χ2n) is 5.51. The van der Waals surface area contributed by atoms with E-state index in [0.29, 0.717) is 6.42 Å². The first-order valence-electron chi connectivity index (χ1n) is 7.25. The van der Waals surface area contributed by atoms with Crippen molar-refractivity contribution in [2.75, 3.05) is 32.7 Å². The van der Waals surface area contributed by atoms with E-state index < -0.39 is 0 Å². The highest BCUT2D eigenvalue weighted by Crippen LogP contribution is 2.20. The Bertz CT molecular complexity index is 266. The molecule has 2 heterocycles. The molecule has 3 N–H and O–H groups in total. The predicted octanol–water partition coefficient (Wildman–Crippen LogP) is 0.317. The van der Waals surface area contributed by atoms with Crippen molar-refractivity contribution in [3.8, 4) is 0 Å². The Morgan fingerprint density at radius 2 is 2.00 bits per heavy atom. The summed E-state index contributed by atoms with van der Waals surface area (Å²) in [7, 11) is 0. The van der Waals surface area contributed by atoms with Crippen LogP contribution in [0.2, 0.25) is 0 Å². The van der Waals surface area contributed by atoms with Gasteiger partial charge >= 0.3 is 0 Å². The fourth-order valence-corrected chi connectivity index (χ4v) is 3.13. The van der Waals surface area contributed by atoms with Crippen LogP contribution in [0.25, 0.3) is 0 Å². The Hall–Kier alpha value is -0.650. The summed E-state index contributed by atoms with van der Waals surface area (Å²) >= 11 is 0. The monoisotopic (exact) mass is 254 g/mol. The van der Waals surface area contributed by atoms with E-state index >= 15 is 0 Å². The lowest BCUT2D eigenvalue weighted by molar-refractivity contribution is -0.121. The van der Waals surface area contributed by atoms with Crippen LogP contribution in [0.4, 0.5) is 0 Å². The molecule has 1 amide bonds. The van der Waals surface area contributed by atoms with Gasteiger partial charge in [-0.2, -0.15) is 0 Å². The molecule has 2 rings (SSSR count). The van der Waals surface area contributed by atoms with Crippen molar-refractivity contribution in [2.45, 2.75) is 44.6 Å². The van der Waals surface area contributed by atoms with Crippen LogP contribution in [0.1, 0.15) is 38.5 Å². The summed E-state index contributed by atoms with van der Waals surface area (Å²) in [5.74, 6) is 5.01. The molecule has 0 aromatic carbocycles. The maximum atomic E-state index is 11.0. The molecule has 5 nitrogen and oxygen atoms in total. The Kier molecular flexibility index (Phi) is 5.41. The molecule has 2 aliphatic heterocycles. The van der Waals surface area contributed by atoms with Crippen LogP contribution in [0.15, 0.2) is 0 Å². The first-order chi connectivity index (χ1) is 8.79. The number of nitrogens with zero attached hydrogens (tertiary/aromatic N) is 2. The lowest BCUT2D eigenvalue weighted by atomic mass is 10.1. The average molecular weight is 254 g/mol. The lowest BCUT2D eigenvalue weighted by Gasteiger charge is -2.32. The average Bonchev–Trinajstić information content (AvgIpc) is 2.88. The lowest BCUT2D eigenvalue weighted by Crippen LogP contribution is -2.41. The third-order valence-electron chi connectivity index (χ3n) is 4.19. The molecule has 18 heavy (non-hydrogen) atoms. The number of rotatable bonds is 5. The zero-order valence-corrected chi connectivity index (χ0v) is 11.2. The number of hydrogen-bond donors (Lipinski definition) is 2. The minimum atomic E-state index is -0.0539. The summed E-state index contributed by atoms with van der Waals surface area (Å²) < 4.78 is 0. The van der Waals surface area contributed by atoms with Gasteiger partial charge in [0, 0.05) is 19.0 Å². The van der Waals surface area contributed by atoms with Gasteiger partial charge < -0.3 is 4.90 Å². The van der Waals surface area contributed by atoms with Gasteiger partial charge in [-0.15, -0.1) is 0 Å². The van der Waals surface area contributed by atoms with E-state index in [9.17, 15) is 4.79 Å². The normalized spacial score (nSPS) is 26.4. The highest BCUT2D eigenvalue weighted by molar-refractivity contribution is 5.75. The van der Waals surface area contributed by atoms with E-state index in [1.54, 1.807) is 0 Å². The van der Waals surface area contributed by atoms with Crippen molar-refractivity contribution in [3.05, 3.63) is 0 Å². The van der Waals surface area contributed by atoms with Crippen molar-refractivity contribution in [1.29, 1.82) is 0 Å². The highest BCUT2D eigenvalue weighted by Gasteiger charge is 2.27. The minimum absolute atomic E-state index is 0.0539. The first-order valence-corrected chi connectivity index (χ1v) is 7.25. The largest absolute Gasteiger partial charge is 0.302 e.